The molecule has 3 heterocycles. The fraction of sp³-hybridized carbons (Fsp3) is 0.440. The molecular weight excluding hydrogens is 500 g/mol. The number of carbonyl (C=O) groups is 2. The number of anilines is 1. The molecule has 0 saturated carbocycles. The normalized spacial score (nSPS) is 21.1. The van der Waals surface area contributed by atoms with E-state index in [0.717, 1.165) is 70.6 Å². The van der Waals surface area contributed by atoms with Gasteiger partial charge in [-0.25, -0.2) is 0 Å². The van der Waals surface area contributed by atoms with Gasteiger partial charge in [0.15, 0.2) is 0 Å². The SMILES string of the molecule is Cc1[nH]c2c(c1C(=O)NCC(O)CN1CCOCC1)CCC/C2=C1/C(=O)Nc2ccc(Br)cc21. The lowest BCUT2D eigenvalue weighted by Gasteiger charge is -2.28. The molecule has 2 aliphatic heterocycles. The highest BCUT2D eigenvalue weighted by molar-refractivity contribution is 9.10. The number of aryl methyl sites for hydroxylation is 1. The Morgan fingerprint density at radius 1 is 1.29 bits per heavy atom. The van der Waals surface area contributed by atoms with Gasteiger partial charge in [-0.1, -0.05) is 15.9 Å². The van der Waals surface area contributed by atoms with Crippen LogP contribution < -0.4 is 10.6 Å². The van der Waals surface area contributed by atoms with E-state index in [1.807, 2.05) is 25.1 Å². The van der Waals surface area contributed by atoms with Gasteiger partial charge in [0.2, 0.25) is 0 Å². The van der Waals surface area contributed by atoms with Crippen molar-refractivity contribution >= 4 is 44.6 Å². The molecule has 1 aromatic carbocycles. The van der Waals surface area contributed by atoms with Crippen LogP contribution in [0.1, 0.15) is 45.7 Å². The van der Waals surface area contributed by atoms with Crippen molar-refractivity contribution in [1.29, 1.82) is 0 Å². The fourth-order valence-corrected chi connectivity index (χ4v) is 5.55. The van der Waals surface area contributed by atoms with Gasteiger partial charge in [0.25, 0.3) is 11.8 Å². The Kier molecular flexibility index (Phi) is 6.61. The molecule has 4 N–H and O–H groups in total. The molecule has 0 bridgehead atoms. The van der Waals surface area contributed by atoms with E-state index < -0.39 is 6.10 Å². The summed E-state index contributed by atoms with van der Waals surface area (Å²) in [6.45, 7) is 5.51. The second-order valence-corrected chi connectivity index (χ2v) is 10.0. The third kappa shape index (κ3) is 4.45. The largest absolute Gasteiger partial charge is 0.390 e. The summed E-state index contributed by atoms with van der Waals surface area (Å²) in [5.41, 5.74) is 6.53. The number of ether oxygens (including phenoxy) is 1. The van der Waals surface area contributed by atoms with Crippen molar-refractivity contribution in [3.8, 4) is 0 Å². The van der Waals surface area contributed by atoms with Gasteiger partial charge >= 0.3 is 0 Å². The third-order valence-electron chi connectivity index (χ3n) is 6.77. The van der Waals surface area contributed by atoms with Crippen LogP contribution >= 0.6 is 15.9 Å². The zero-order chi connectivity index (χ0) is 23.8. The van der Waals surface area contributed by atoms with E-state index in [0.29, 0.717) is 30.9 Å². The summed E-state index contributed by atoms with van der Waals surface area (Å²) in [7, 11) is 0. The molecule has 2 aromatic rings. The maximum atomic E-state index is 13.2. The minimum absolute atomic E-state index is 0.111. The Morgan fingerprint density at radius 2 is 2.09 bits per heavy atom. The van der Waals surface area contributed by atoms with Crippen LogP contribution in [0.4, 0.5) is 5.69 Å². The van der Waals surface area contributed by atoms with Crippen LogP contribution in [0.2, 0.25) is 0 Å². The van der Waals surface area contributed by atoms with E-state index in [2.05, 4.69) is 36.4 Å². The van der Waals surface area contributed by atoms with Crippen LogP contribution in [0, 0.1) is 6.92 Å². The lowest BCUT2D eigenvalue weighted by atomic mass is 9.86. The van der Waals surface area contributed by atoms with Crippen LogP contribution in [0.5, 0.6) is 0 Å². The summed E-state index contributed by atoms with van der Waals surface area (Å²) < 4.78 is 6.26. The molecule has 34 heavy (non-hydrogen) atoms. The number of nitrogens with zero attached hydrogens (tertiary/aromatic N) is 1. The van der Waals surface area contributed by atoms with Crippen LogP contribution in [-0.2, 0) is 16.0 Å². The van der Waals surface area contributed by atoms with E-state index in [-0.39, 0.29) is 18.4 Å². The molecule has 3 aliphatic rings. The first-order valence-corrected chi connectivity index (χ1v) is 12.5. The molecule has 1 aromatic heterocycles. The standard InChI is InChI=1S/C25H29BrN4O4/c1-14-21(24(32)27-12-16(31)13-30-7-9-34-10-8-30)17-3-2-4-18(23(17)28-14)22-19-11-15(26)5-6-20(19)29-25(22)33/h5-6,11,16,28,31H,2-4,7-10,12-13H2,1H3,(H,27,32)(H,29,33)/b22-18-. The topological polar surface area (TPSA) is 107 Å². The predicted molar refractivity (Wildman–Crippen MR) is 134 cm³/mol. The first kappa shape index (κ1) is 23.3. The van der Waals surface area contributed by atoms with Gasteiger partial charge in [0.05, 0.1) is 30.5 Å². The monoisotopic (exact) mass is 528 g/mol. The molecule has 1 fully saturated rings. The molecule has 1 unspecified atom stereocenters. The lowest BCUT2D eigenvalue weighted by molar-refractivity contribution is -0.110. The van der Waals surface area contributed by atoms with Gasteiger partial charge < -0.3 is 25.5 Å². The quantitative estimate of drug-likeness (QED) is 0.446. The Labute approximate surface area is 206 Å². The molecule has 0 spiro atoms. The number of rotatable bonds is 5. The molecule has 1 aliphatic carbocycles. The number of carbonyl (C=O) groups excluding carboxylic acids is 2. The Morgan fingerprint density at radius 3 is 2.88 bits per heavy atom. The first-order valence-electron chi connectivity index (χ1n) is 11.7. The third-order valence-corrected chi connectivity index (χ3v) is 7.27. The van der Waals surface area contributed by atoms with Crippen molar-refractivity contribution in [3.63, 3.8) is 0 Å². The van der Waals surface area contributed by atoms with E-state index in [4.69, 9.17) is 4.74 Å². The molecule has 8 nitrogen and oxygen atoms in total. The van der Waals surface area contributed by atoms with Crippen molar-refractivity contribution in [1.82, 2.24) is 15.2 Å². The lowest BCUT2D eigenvalue weighted by Crippen LogP contribution is -2.44. The number of fused-ring (bicyclic) bond motifs is 2. The average molecular weight is 529 g/mol. The number of halogens is 1. The first-order chi connectivity index (χ1) is 16.4. The highest BCUT2D eigenvalue weighted by Crippen LogP contribution is 2.43. The summed E-state index contributed by atoms with van der Waals surface area (Å²) >= 11 is 3.51. The van der Waals surface area contributed by atoms with Crippen molar-refractivity contribution in [2.45, 2.75) is 32.3 Å². The second kappa shape index (κ2) is 9.65. The van der Waals surface area contributed by atoms with Crippen molar-refractivity contribution in [3.05, 3.63) is 50.8 Å². The summed E-state index contributed by atoms with van der Waals surface area (Å²) in [6, 6.07) is 5.77. The van der Waals surface area contributed by atoms with Gasteiger partial charge in [-0.2, -0.15) is 0 Å². The number of aliphatic hydroxyl groups excluding tert-OH is 1. The van der Waals surface area contributed by atoms with Crippen LogP contribution in [0.15, 0.2) is 22.7 Å². The number of aliphatic hydroxyl groups is 1. The van der Waals surface area contributed by atoms with Crippen LogP contribution in [0.3, 0.4) is 0 Å². The molecule has 5 rings (SSSR count). The maximum absolute atomic E-state index is 13.2. The minimum Gasteiger partial charge on any atom is -0.390 e. The van der Waals surface area contributed by atoms with E-state index >= 15 is 0 Å². The molecule has 1 saturated heterocycles. The number of hydrogen-bond acceptors (Lipinski definition) is 5. The number of H-pyrrole nitrogens is 1. The number of amides is 2. The number of allylic oxidation sites excluding steroid dienone is 1. The number of aromatic nitrogens is 1. The highest BCUT2D eigenvalue weighted by Gasteiger charge is 2.33. The number of nitrogens with one attached hydrogen (secondary N) is 3. The average Bonchev–Trinajstić information content (AvgIpc) is 3.33. The van der Waals surface area contributed by atoms with Crippen LogP contribution in [-0.4, -0.2) is 72.3 Å². The number of benzene rings is 1. The van der Waals surface area contributed by atoms with Gasteiger partial charge in [0, 0.05) is 53.3 Å². The zero-order valence-electron chi connectivity index (χ0n) is 19.2. The Bertz CT molecular complexity index is 1170. The molecule has 2 amide bonds. The number of β-amino-alcohol motifs (C(OH)–C–C–N with tert-alkyl or cyclic N) is 1. The summed E-state index contributed by atoms with van der Waals surface area (Å²) in [6.07, 6.45) is 1.75. The molecular formula is C25H29BrN4O4. The van der Waals surface area contributed by atoms with Crippen molar-refractivity contribution in [2.75, 3.05) is 44.7 Å². The van der Waals surface area contributed by atoms with E-state index in [1.54, 1.807) is 0 Å². The van der Waals surface area contributed by atoms with Crippen LogP contribution in [0.25, 0.3) is 11.1 Å². The van der Waals surface area contributed by atoms with E-state index in [1.165, 1.54) is 0 Å². The minimum atomic E-state index is -0.646. The number of hydrogen-bond donors (Lipinski definition) is 4. The van der Waals surface area contributed by atoms with Gasteiger partial charge in [-0.3, -0.25) is 14.5 Å². The van der Waals surface area contributed by atoms with Crippen molar-refractivity contribution in [2.24, 2.45) is 0 Å². The fourth-order valence-electron chi connectivity index (χ4n) is 5.19. The van der Waals surface area contributed by atoms with Crippen molar-refractivity contribution < 1.29 is 19.4 Å². The summed E-state index contributed by atoms with van der Waals surface area (Å²) in [5, 5.41) is 16.3. The van der Waals surface area contributed by atoms with Gasteiger partial charge in [-0.15, -0.1) is 0 Å². The number of morpholine rings is 1. The second-order valence-electron chi connectivity index (χ2n) is 9.11. The molecule has 180 valence electrons. The van der Waals surface area contributed by atoms with Gasteiger partial charge in [-0.05, 0) is 55.5 Å². The Hall–Kier alpha value is -2.46. The smallest absolute Gasteiger partial charge is 0.256 e. The molecule has 1 atom stereocenters. The summed E-state index contributed by atoms with van der Waals surface area (Å²) in [5.74, 6) is -0.304. The Balaban J connectivity index is 1.38. The predicted octanol–water partition coefficient (Wildman–Crippen LogP) is 2.71. The highest BCUT2D eigenvalue weighted by atomic mass is 79.9. The number of aromatic amines is 1. The van der Waals surface area contributed by atoms with E-state index in [9.17, 15) is 14.7 Å². The summed E-state index contributed by atoms with van der Waals surface area (Å²) in [4.78, 5) is 31.6. The maximum Gasteiger partial charge on any atom is 0.256 e. The molecule has 9 heteroatoms. The zero-order valence-corrected chi connectivity index (χ0v) is 20.8. The van der Waals surface area contributed by atoms with Gasteiger partial charge in [0.1, 0.15) is 0 Å². The molecule has 0 radical (unpaired) electrons.